The summed E-state index contributed by atoms with van der Waals surface area (Å²) in [4.78, 5) is 2.56. The Morgan fingerprint density at radius 3 is 2.58 bits per heavy atom. The quantitative estimate of drug-likeness (QED) is 0.540. The van der Waals surface area contributed by atoms with Crippen LogP contribution in [0, 0.1) is 5.92 Å². The molecular formula is C23H35ClN2O4S. The van der Waals surface area contributed by atoms with Crippen LogP contribution in [0.4, 0.5) is 0 Å². The van der Waals surface area contributed by atoms with Crippen molar-refractivity contribution in [2.24, 2.45) is 5.92 Å². The summed E-state index contributed by atoms with van der Waals surface area (Å²) < 4.78 is 39.7. The summed E-state index contributed by atoms with van der Waals surface area (Å²) in [5.41, 5.74) is 2.58. The third kappa shape index (κ3) is 4.70. The number of ether oxygens (including phenoxy) is 2. The van der Waals surface area contributed by atoms with Gasteiger partial charge < -0.3 is 9.47 Å². The lowest BCUT2D eigenvalue weighted by molar-refractivity contribution is 0.0218. The molecule has 0 aromatic heterocycles. The van der Waals surface area contributed by atoms with E-state index in [0.717, 1.165) is 50.3 Å². The molecule has 4 rings (SSSR count). The smallest absolute Gasteiger partial charge is 0.214 e. The number of hydrogen-bond donors (Lipinski definition) is 0. The van der Waals surface area contributed by atoms with E-state index in [-0.39, 0.29) is 17.8 Å². The predicted molar refractivity (Wildman–Crippen MR) is 124 cm³/mol. The van der Waals surface area contributed by atoms with Crippen molar-refractivity contribution in [3.05, 3.63) is 23.3 Å². The number of alkyl halides is 1. The topological polar surface area (TPSA) is 59.1 Å². The molecule has 0 amide bonds. The van der Waals surface area contributed by atoms with Crippen molar-refractivity contribution in [2.45, 2.75) is 58.0 Å². The fourth-order valence-corrected chi connectivity index (χ4v) is 7.76. The summed E-state index contributed by atoms with van der Waals surface area (Å²) in [6, 6.07) is 4.59. The van der Waals surface area contributed by atoms with Gasteiger partial charge in [0.15, 0.2) is 11.5 Å². The van der Waals surface area contributed by atoms with Crippen molar-refractivity contribution in [2.75, 3.05) is 44.5 Å². The number of nitrogens with zero attached hydrogens (tertiary/aromatic N) is 2. The van der Waals surface area contributed by atoms with E-state index in [1.807, 2.05) is 18.2 Å². The highest BCUT2D eigenvalue weighted by molar-refractivity contribution is 7.89. The molecule has 0 radical (unpaired) electrons. The van der Waals surface area contributed by atoms with Crippen molar-refractivity contribution in [3.63, 3.8) is 0 Å². The van der Waals surface area contributed by atoms with Gasteiger partial charge in [-0.15, -0.1) is 11.6 Å². The van der Waals surface area contributed by atoms with E-state index < -0.39 is 10.0 Å². The highest BCUT2D eigenvalue weighted by atomic mass is 35.5. The summed E-state index contributed by atoms with van der Waals surface area (Å²) >= 11 is 5.80. The molecule has 31 heavy (non-hydrogen) atoms. The van der Waals surface area contributed by atoms with Crippen molar-refractivity contribution >= 4 is 21.6 Å². The van der Waals surface area contributed by atoms with Gasteiger partial charge in [0.2, 0.25) is 10.0 Å². The van der Waals surface area contributed by atoms with Crippen molar-refractivity contribution in [1.29, 1.82) is 0 Å². The maximum atomic E-state index is 13.1. The fourth-order valence-electron chi connectivity index (χ4n) is 5.65. The highest BCUT2D eigenvalue weighted by Crippen LogP contribution is 2.46. The molecule has 0 N–H and O–H groups in total. The largest absolute Gasteiger partial charge is 0.490 e. The van der Waals surface area contributed by atoms with Crippen LogP contribution in [0.2, 0.25) is 0 Å². The average molecular weight is 471 g/mol. The van der Waals surface area contributed by atoms with Crippen molar-refractivity contribution in [1.82, 2.24) is 9.21 Å². The Bertz CT molecular complexity index is 879. The van der Waals surface area contributed by atoms with Crippen LogP contribution >= 0.6 is 11.6 Å². The Balaban J connectivity index is 1.64. The number of benzene rings is 1. The van der Waals surface area contributed by atoms with Gasteiger partial charge in [-0.3, -0.25) is 4.90 Å². The highest BCUT2D eigenvalue weighted by Gasteiger charge is 2.45. The van der Waals surface area contributed by atoms with E-state index >= 15 is 0 Å². The second-order valence-corrected chi connectivity index (χ2v) is 11.2. The molecule has 0 bridgehead atoms. The van der Waals surface area contributed by atoms with Gasteiger partial charge in [-0.1, -0.05) is 0 Å². The summed E-state index contributed by atoms with van der Waals surface area (Å²) in [5, 5.41) is 0. The number of fused-ring (bicyclic) bond motifs is 4. The van der Waals surface area contributed by atoms with E-state index in [1.165, 1.54) is 11.1 Å². The summed E-state index contributed by atoms with van der Waals surface area (Å²) in [6.07, 6.45) is 4.40. The van der Waals surface area contributed by atoms with Crippen LogP contribution in [0.25, 0.3) is 0 Å². The lowest BCUT2D eigenvalue weighted by atomic mass is 9.77. The lowest BCUT2D eigenvalue weighted by Gasteiger charge is -2.51. The number of hydrogen-bond acceptors (Lipinski definition) is 5. The van der Waals surface area contributed by atoms with E-state index in [2.05, 4.69) is 17.0 Å². The maximum absolute atomic E-state index is 13.1. The number of sulfonamides is 1. The zero-order valence-electron chi connectivity index (χ0n) is 18.7. The predicted octanol–water partition coefficient (Wildman–Crippen LogP) is 3.83. The normalized spacial score (nSPS) is 26.6. The Morgan fingerprint density at radius 1 is 1.13 bits per heavy atom. The third-order valence-corrected chi connectivity index (χ3v) is 9.21. The van der Waals surface area contributed by atoms with E-state index in [1.54, 1.807) is 0 Å². The SMILES string of the molecule is CCOc1cc2c(cc1OCC)[C@@H]1C[C@@H]3[C@@H](CCCN3S(=O)(=O)CCCCl)CN1CC2. The first kappa shape index (κ1) is 23.1. The minimum atomic E-state index is -3.28. The Kier molecular flexibility index (Phi) is 7.36. The number of halogens is 1. The van der Waals surface area contributed by atoms with Crippen LogP contribution in [0.15, 0.2) is 12.1 Å². The first-order chi connectivity index (χ1) is 15.0. The first-order valence-corrected chi connectivity index (χ1v) is 13.8. The van der Waals surface area contributed by atoms with E-state index in [9.17, 15) is 8.42 Å². The summed E-state index contributed by atoms with van der Waals surface area (Å²) in [5.74, 6) is 2.55. The fraction of sp³-hybridized carbons (Fsp3) is 0.739. The Hall–Kier alpha value is -1.02. The van der Waals surface area contributed by atoms with Crippen LogP contribution in [-0.2, 0) is 16.4 Å². The molecule has 1 aromatic carbocycles. The zero-order chi connectivity index (χ0) is 22.0. The second kappa shape index (κ2) is 9.86. The molecular weight excluding hydrogens is 436 g/mol. The van der Waals surface area contributed by atoms with Gasteiger partial charge in [-0.2, -0.15) is 4.31 Å². The molecule has 2 saturated heterocycles. The molecule has 3 heterocycles. The molecule has 3 atom stereocenters. The van der Waals surface area contributed by atoms with Gasteiger partial charge in [0, 0.05) is 37.6 Å². The van der Waals surface area contributed by atoms with Gasteiger partial charge in [-0.05, 0) is 75.1 Å². The van der Waals surface area contributed by atoms with Crippen LogP contribution in [0.3, 0.4) is 0 Å². The molecule has 0 saturated carbocycles. The summed E-state index contributed by atoms with van der Waals surface area (Å²) in [6.45, 7) is 7.78. The maximum Gasteiger partial charge on any atom is 0.214 e. The van der Waals surface area contributed by atoms with Gasteiger partial charge in [0.25, 0.3) is 0 Å². The van der Waals surface area contributed by atoms with Gasteiger partial charge in [0.1, 0.15) is 0 Å². The molecule has 0 aliphatic carbocycles. The van der Waals surface area contributed by atoms with Gasteiger partial charge >= 0.3 is 0 Å². The van der Waals surface area contributed by atoms with Crippen LogP contribution in [0.5, 0.6) is 11.5 Å². The van der Waals surface area contributed by atoms with Crippen molar-refractivity contribution in [3.8, 4) is 11.5 Å². The molecule has 174 valence electrons. The molecule has 3 aliphatic heterocycles. The monoisotopic (exact) mass is 470 g/mol. The standard InChI is InChI=1S/C23H35ClN2O4S/c1-3-29-22-13-17-8-11-25-16-18-7-5-10-26(31(27,28)12-6-9-24)20(18)15-21(25)19(17)14-23(22)30-4-2/h13-14,18,20-21H,3-12,15-16H2,1-2H3/t18-,20+,21-/m0/s1. The molecule has 6 nitrogen and oxygen atoms in total. The van der Waals surface area contributed by atoms with Gasteiger partial charge in [0.05, 0.1) is 19.0 Å². The Morgan fingerprint density at radius 2 is 1.87 bits per heavy atom. The molecule has 2 fully saturated rings. The number of rotatable bonds is 8. The third-order valence-electron chi connectivity index (χ3n) is 6.97. The van der Waals surface area contributed by atoms with E-state index in [0.29, 0.717) is 38.0 Å². The first-order valence-electron chi connectivity index (χ1n) is 11.7. The zero-order valence-corrected chi connectivity index (χ0v) is 20.3. The molecule has 0 spiro atoms. The minimum absolute atomic E-state index is 0.0726. The second-order valence-electron chi connectivity index (χ2n) is 8.80. The minimum Gasteiger partial charge on any atom is -0.490 e. The molecule has 3 aliphatic rings. The lowest BCUT2D eigenvalue weighted by Crippen LogP contribution is -2.57. The van der Waals surface area contributed by atoms with Crippen LogP contribution < -0.4 is 9.47 Å². The van der Waals surface area contributed by atoms with E-state index in [4.69, 9.17) is 21.1 Å². The Labute approximate surface area is 191 Å². The molecule has 0 unspecified atom stereocenters. The van der Waals surface area contributed by atoms with Crippen LogP contribution in [0.1, 0.15) is 56.7 Å². The van der Waals surface area contributed by atoms with Crippen molar-refractivity contribution < 1.29 is 17.9 Å². The molecule has 1 aromatic rings. The van der Waals surface area contributed by atoms with Gasteiger partial charge in [-0.25, -0.2) is 8.42 Å². The number of piperidine rings is 2. The van der Waals surface area contributed by atoms with Crippen LogP contribution in [-0.4, -0.2) is 68.1 Å². The summed E-state index contributed by atoms with van der Waals surface area (Å²) in [7, 11) is -3.28. The molecule has 8 heteroatoms. The average Bonchev–Trinajstić information content (AvgIpc) is 2.76.